The fourth-order valence-corrected chi connectivity index (χ4v) is 3.32. The van der Waals surface area contributed by atoms with Crippen molar-refractivity contribution >= 4 is 12.2 Å². The van der Waals surface area contributed by atoms with Crippen molar-refractivity contribution in [1.29, 1.82) is 0 Å². The lowest BCUT2D eigenvalue weighted by atomic mass is 9.68. The van der Waals surface area contributed by atoms with E-state index in [1.54, 1.807) is 5.32 Å². The first-order valence-electron chi connectivity index (χ1n) is 8.31. The minimum atomic E-state index is -6.76. The lowest BCUT2D eigenvalue weighted by Crippen LogP contribution is -2.71. The molecule has 0 aliphatic heterocycles. The fourth-order valence-electron chi connectivity index (χ4n) is 3.32. The van der Waals surface area contributed by atoms with Crippen molar-refractivity contribution in [2.75, 3.05) is 6.54 Å². The zero-order valence-electron chi connectivity index (χ0n) is 15.4. The van der Waals surface area contributed by atoms with Crippen molar-refractivity contribution in [2.24, 2.45) is 11.8 Å². The molecule has 4 N–H and O–H groups in total. The van der Waals surface area contributed by atoms with Crippen LogP contribution in [0.1, 0.15) is 25.7 Å². The van der Waals surface area contributed by atoms with Crippen molar-refractivity contribution in [2.45, 2.75) is 55.9 Å². The highest BCUT2D eigenvalue weighted by molar-refractivity contribution is 5.66. The number of unbranched alkanes of at least 4 members (excludes halogenated alkanes) is 2. The summed E-state index contributed by atoms with van der Waals surface area (Å²) in [5, 5.41) is 18.9. The summed E-state index contributed by atoms with van der Waals surface area (Å²) in [4.78, 5) is 21.1. The summed E-state index contributed by atoms with van der Waals surface area (Å²) in [5.41, 5.74) is -5.15. The lowest BCUT2D eigenvalue weighted by molar-refractivity contribution is -0.357. The third-order valence-corrected chi connectivity index (χ3v) is 4.22. The monoisotopic (exact) mass is 504 g/mol. The van der Waals surface area contributed by atoms with Gasteiger partial charge in [-0.1, -0.05) is 12.8 Å². The first kappa shape index (κ1) is 29.7. The Hall–Kier alpha value is -2.30. The molecule has 190 valence electrons. The van der Waals surface area contributed by atoms with Crippen LogP contribution in [0.15, 0.2) is 0 Å². The van der Waals surface area contributed by atoms with Gasteiger partial charge in [-0.3, -0.25) is 0 Å². The molecule has 0 unspecified atom stereocenters. The maximum Gasteiger partial charge on any atom is 0.405 e. The first-order chi connectivity index (χ1) is 14.1. The largest absolute Gasteiger partial charge is 0.465 e. The normalized spacial score (nSPS) is 14.1. The van der Waals surface area contributed by atoms with E-state index < -0.39 is 80.1 Å². The number of carbonyl (C=O) groups is 2. The predicted molar refractivity (Wildman–Crippen MR) is 79.6 cm³/mol. The molecule has 0 rings (SSSR count). The highest BCUT2D eigenvalue weighted by Gasteiger charge is 2.77. The Bertz CT molecular complexity index is 582. The minimum Gasteiger partial charge on any atom is -0.465 e. The van der Waals surface area contributed by atoms with Gasteiger partial charge in [0.15, 0.2) is 11.8 Å². The van der Waals surface area contributed by atoms with Crippen molar-refractivity contribution < 1.29 is 72.5 Å². The Balaban J connectivity index is 6.68. The summed E-state index contributed by atoms with van der Waals surface area (Å²) in [6, 6.07) is 0. The predicted octanol–water partition coefficient (Wildman–Crippen LogP) is 5.30. The molecule has 0 atom stereocenters. The lowest BCUT2D eigenvalue weighted by Gasteiger charge is -2.47. The highest BCUT2D eigenvalue weighted by atomic mass is 19.4. The van der Waals surface area contributed by atoms with Crippen LogP contribution in [0.4, 0.5) is 62.3 Å². The second-order valence-corrected chi connectivity index (χ2v) is 6.55. The zero-order valence-corrected chi connectivity index (χ0v) is 15.4. The Labute approximate surface area is 170 Å². The van der Waals surface area contributed by atoms with Crippen LogP contribution < -0.4 is 10.6 Å². The van der Waals surface area contributed by atoms with E-state index in [1.165, 1.54) is 0 Å². The number of carboxylic acid groups (broad SMARTS) is 2. The van der Waals surface area contributed by atoms with E-state index in [-0.39, 0.29) is 11.7 Å². The van der Waals surface area contributed by atoms with Gasteiger partial charge in [-0.25, -0.2) is 9.59 Å². The first-order valence-corrected chi connectivity index (χ1v) is 8.31. The summed E-state index contributed by atoms with van der Waals surface area (Å²) in [6.07, 6.45) is -36.0. The number of alkyl halides is 12. The van der Waals surface area contributed by atoms with Gasteiger partial charge in [-0.15, -0.1) is 0 Å². The second-order valence-electron chi connectivity index (χ2n) is 6.55. The smallest absolute Gasteiger partial charge is 0.405 e. The van der Waals surface area contributed by atoms with Gasteiger partial charge >= 0.3 is 36.9 Å². The summed E-state index contributed by atoms with van der Waals surface area (Å²) in [5.74, 6) is -10.7. The van der Waals surface area contributed by atoms with E-state index in [2.05, 4.69) is 0 Å². The zero-order chi connectivity index (χ0) is 25.8. The van der Waals surface area contributed by atoms with E-state index in [4.69, 9.17) is 10.2 Å². The van der Waals surface area contributed by atoms with Crippen molar-refractivity contribution in [3.63, 3.8) is 0 Å². The molecule has 0 aromatic heterocycles. The maximum atomic E-state index is 13.3. The third kappa shape index (κ3) is 8.33. The van der Waals surface area contributed by atoms with Crippen LogP contribution in [0.2, 0.25) is 0 Å². The SMILES string of the molecule is O=C(O)NCCCCCC(NC(=O)O)(C(C(F)(F)F)C(F)(F)F)C(C(F)(F)F)C(F)(F)F. The van der Waals surface area contributed by atoms with E-state index in [9.17, 15) is 62.3 Å². The fraction of sp³-hybridized carbons (Fsp3) is 0.857. The highest BCUT2D eigenvalue weighted by Crippen LogP contribution is 2.57. The van der Waals surface area contributed by atoms with Gasteiger partial charge < -0.3 is 20.8 Å². The van der Waals surface area contributed by atoms with Crippen LogP contribution in [0, 0.1) is 11.8 Å². The van der Waals surface area contributed by atoms with Gasteiger partial charge in [0.05, 0.1) is 5.54 Å². The average Bonchev–Trinajstić information content (AvgIpc) is 2.43. The molecule has 0 heterocycles. The number of nitrogens with one attached hydrogen (secondary N) is 2. The number of amides is 2. The molecule has 0 saturated heterocycles. The number of halogens is 12. The molecular formula is C14H16F12N2O4. The van der Waals surface area contributed by atoms with Crippen molar-refractivity contribution in [3.8, 4) is 0 Å². The van der Waals surface area contributed by atoms with Crippen LogP contribution in [0.3, 0.4) is 0 Å². The Kier molecular flexibility index (Phi) is 9.37. The number of hydrogen-bond acceptors (Lipinski definition) is 2. The minimum absolute atomic E-state index is 0.256. The van der Waals surface area contributed by atoms with Gasteiger partial charge in [0.2, 0.25) is 0 Å². The molecule has 0 aromatic carbocycles. The molecule has 32 heavy (non-hydrogen) atoms. The van der Waals surface area contributed by atoms with Crippen LogP contribution in [0.25, 0.3) is 0 Å². The average molecular weight is 504 g/mol. The van der Waals surface area contributed by atoms with Crippen LogP contribution in [-0.2, 0) is 0 Å². The van der Waals surface area contributed by atoms with Gasteiger partial charge in [-0.05, 0) is 12.8 Å². The summed E-state index contributed by atoms with van der Waals surface area (Å²) in [7, 11) is 0. The molecule has 0 saturated carbocycles. The molecule has 0 radical (unpaired) electrons. The molecule has 0 aromatic rings. The van der Waals surface area contributed by atoms with Gasteiger partial charge in [0.25, 0.3) is 0 Å². The molecule has 0 spiro atoms. The molecular weight excluding hydrogens is 488 g/mol. The second kappa shape index (κ2) is 10.1. The molecule has 0 aliphatic carbocycles. The van der Waals surface area contributed by atoms with E-state index in [0.717, 1.165) is 0 Å². The Morgan fingerprint density at radius 1 is 0.625 bits per heavy atom. The molecule has 6 nitrogen and oxygen atoms in total. The van der Waals surface area contributed by atoms with Crippen LogP contribution in [0.5, 0.6) is 0 Å². The molecule has 0 aliphatic rings. The Morgan fingerprint density at radius 3 is 1.28 bits per heavy atom. The van der Waals surface area contributed by atoms with Crippen LogP contribution >= 0.6 is 0 Å². The van der Waals surface area contributed by atoms with E-state index in [0.29, 0.717) is 0 Å². The van der Waals surface area contributed by atoms with Gasteiger partial charge in [0, 0.05) is 6.54 Å². The summed E-state index contributed by atoms with van der Waals surface area (Å²) >= 11 is 0. The molecule has 0 bridgehead atoms. The van der Waals surface area contributed by atoms with Crippen molar-refractivity contribution in [1.82, 2.24) is 10.6 Å². The standard InChI is InChI=1S/C14H16F12N2O4/c15-11(16,17)6(12(18,19)20)10(28-9(31)32,4-2-1-3-5-27-8(29)30)7(13(21,22)23)14(24,25)26/h6-7,27-28H,1-5H2,(H,29,30)(H,31,32). The quantitative estimate of drug-likeness (QED) is 0.253. The summed E-state index contributed by atoms with van der Waals surface area (Å²) in [6.45, 7) is -0.474. The number of rotatable bonds is 9. The third-order valence-electron chi connectivity index (χ3n) is 4.22. The van der Waals surface area contributed by atoms with Gasteiger partial charge in [0.1, 0.15) is 0 Å². The molecule has 2 amide bonds. The van der Waals surface area contributed by atoms with E-state index in [1.807, 2.05) is 0 Å². The van der Waals surface area contributed by atoms with E-state index >= 15 is 0 Å². The number of hydrogen-bond donors (Lipinski definition) is 4. The summed E-state index contributed by atoms with van der Waals surface area (Å²) < 4.78 is 159. The van der Waals surface area contributed by atoms with Crippen molar-refractivity contribution in [3.05, 3.63) is 0 Å². The van der Waals surface area contributed by atoms with Gasteiger partial charge in [-0.2, -0.15) is 52.7 Å². The molecule has 18 heteroatoms. The molecule has 0 fully saturated rings. The van der Waals surface area contributed by atoms with Crippen LogP contribution in [-0.4, -0.2) is 59.2 Å². The maximum absolute atomic E-state index is 13.3. The Morgan fingerprint density at radius 2 is 1.00 bits per heavy atom. The topological polar surface area (TPSA) is 98.7 Å².